The normalized spacial score (nSPS) is 18.5. The summed E-state index contributed by atoms with van der Waals surface area (Å²) in [6, 6.07) is 26.0. The van der Waals surface area contributed by atoms with Crippen LogP contribution in [0.4, 0.5) is 5.69 Å². The van der Waals surface area contributed by atoms with E-state index in [-0.39, 0.29) is 11.9 Å². The van der Waals surface area contributed by atoms with Crippen molar-refractivity contribution >= 4 is 34.6 Å². The Morgan fingerprint density at radius 3 is 2.38 bits per heavy atom. The third-order valence-electron chi connectivity index (χ3n) is 6.56. The average molecular weight is 513 g/mol. The molecule has 2 fully saturated rings. The zero-order valence-electron chi connectivity index (χ0n) is 21.1. The summed E-state index contributed by atoms with van der Waals surface area (Å²) in [6.45, 7) is 2.95. The van der Waals surface area contributed by atoms with Gasteiger partial charge in [0, 0.05) is 6.04 Å². The summed E-state index contributed by atoms with van der Waals surface area (Å²) in [5.41, 5.74) is 2.85. The van der Waals surface area contributed by atoms with Gasteiger partial charge in [0.15, 0.2) is 16.7 Å². The first-order chi connectivity index (χ1) is 18.2. The number of hydrogen-bond donors (Lipinski definition) is 0. The Kier molecular flexibility index (Phi) is 8.26. The van der Waals surface area contributed by atoms with E-state index in [4.69, 9.17) is 14.5 Å². The van der Waals surface area contributed by atoms with Gasteiger partial charge in [-0.2, -0.15) is 0 Å². The topological polar surface area (TPSA) is 51.1 Å². The van der Waals surface area contributed by atoms with Crippen LogP contribution in [0, 0.1) is 0 Å². The molecule has 3 aromatic rings. The van der Waals surface area contributed by atoms with Gasteiger partial charge >= 0.3 is 0 Å². The van der Waals surface area contributed by atoms with Crippen LogP contribution in [-0.4, -0.2) is 28.6 Å². The summed E-state index contributed by atoms with van der Waals surface area (Å²) in [7, 11) is 0. The van der Waals surface area contributed by atoms with Crippen molar-refractivity contribution in [3.63, 3.8) is 0 Å². The molecule has 5 rings (SSSR count). The number of amidine groups is 1. The summed E-state index contributed by atoms with van der Waals surface area (Å²) in [5.74, 6) is 1.40. The molecule has 37 heavy (non-hydrogen) atoms. The van der Waals surface area contributed by atoms with Crippen molar-refractivity contribution in [1.29, 1.82) is 0 Å². The number of hydrogen-bond acceptors (Lipinski definition) is 5. The Hall–Kier alpha value is -3.51. The number of nitrogens with zero attached hydrogens (tertiary/aromatic N) is 2. The Bertz CT molecular complexity index is 1270. The molecule has 1 saturated heterocycles. The monoisotopic (exact) mass is 512 g/mol. The largest absolute Gasteiger partial charge is 0.490 e. The first-order valence-corrected chi connectivity index (χ1v) is 13.8. The predicted octanol–water partition coefficient (Wildman–Crippen LogP) is 7.60. The second-order valence-electron chi connectivity index (χ2n) is 9.22. The van der Waals surface area contributed by atoms with E-state index in [1.807, 2.05) is 96.8 Å². The van der Waals surface area contributed by atoms with Crippen LogP contribution in [0.2, 0.25) is 0 Å². The SMILES string of the molecule is CCOc1cc(/C=C2/SC(=Nc3ccccc3)N(C3CCCCC3)C2=O)ccc1OCc1ccccc1. The molecule has 3 aromatic carbocycles. The second kappa shape index (κ2) is 12.2. The van der Waals surface area contributed by atoms with Gasteiger partial charge in [-0.25, -0.2) is 4.99 Å². The fourth-order valence-corrected chi connectivity index (χ4v) is 5.79. The fourth-order valence-electron chi connectivity index (χ4n) is 4.73. The van der Waals surface area contributed by atoms with Gasteiger partial charge in [0.25, 0.3) is 5.91 Å². The van der Waals surface area contributed by atoms with Gasteiger partial charge in [-0.15, -0.1) is 0 Å². The van der Waals surface area contributed by atoms with Gasteiger partial charge in [0.1, 0.15) is 6.61 Å². The maximum absolute atomic E-state index is 13.6. The highest BCUT2D eigenvalue weighted by molar-refractivity contribution is 8.18. The smallest absolute Gasteiger partial charge is 0.267 e. The Balaban J connectivity index is 1.41. The molecule has 1 saturated carbocycles. The summed E-state index contributed by atoms with van der Waals surface area (Å²) in [4.78, 5) is 21.1. The standard InChI is InChI=1S/C31H32N2O3S/c1-2-35-28-20-24(18-19-27(28)36-22-23-12-6-3-7-13-23)21-29-30(34)33(26-16-10-5-11-17-26)31(37-29)32-25-14-8-4-9-15-25/h3-4,6-9,12-15,18-21,26H,2,5,10-11,16-17,22H2,1H3/b29-21+,32-31?. The minimum atomic E-state index is 0.0361. The second-order valence-corrected chi connectivity index (χ2v) is 10.2. The lowest BCUT2D eigenvalue weighted by atomic mass is 9.94. The van der Waals surface area contributed by atoms with E-state index >= 15 is 0 Å². The van der Waals surface area contributed by atoms with Crippen molar-refractivity contribution in [3.05, 3.63) is 94.9 Å². The molecule has 1 heterocycles. The van der Waals surface area contributed by atoms with Crippen LogP contribution in [0.25, 0.3) is 6.08 Å². The van der Waals surface area contributed by atoms with Crippen LogP contribution in [0.15, 0.2) is 88.8 Å². The zero-order chi connectivity index (χ0) is 25.5. The lowest BCUT2D eigenvalue weighted by Crippen LogP contribution is -2.40. The molecule has 1 amide bonds. The van der Waals surface area contributed by atoms with E-state index < -0.39 is 0 Å². The summed E-state index contributed by atoms with van der Waals surface area (Å²) >= 11 is 1.46. The molecule has 190 valence electrons. The van der Waals surface area contributed by atoms with Crippen LogP contribution >= 0.6 is 11.8 Å². The van der Waals surface area contributed by atoms with Gasteiger partial charge in [-0.1, -0.05) is 73.9 Å². The summed E-state index contributed by atoms with van der Waals surface area (Å²) < 4.78 is 12.0. The highest BCUT2D eigenvalue weighted by Crippen LogP contribution is 2.39. The number of carbonyl (C=O) groups excluding carboxylic acids is 1. The van der Waals surface area contributed by atoms with Crippen LogP contribution in [0.1, 0.15) is 50.2 Å². The van der Waals surface area contributed by atoms with E-state index in [0.717, 1.165) is 47.7 Å². The molecule has 0 unspecified atom stereocenters. The molecular weight excluding hydrogens is 480 g/mol. The van der Waals surface area contributed by atoms with Gasteiger partial charge < -0.3 is 9.47 Å². The minimum absolute atomic E-state index is 0.0361. The van der Waals surface area contributed by atoms with Crippen LogP contribution in [-0.2, 0) is 11.4 Å². The fraction of sp³-hybridized carbons (Fsp3) is 0.290. The van der Waals surface area contributed by atoms with Crippen molar-refractivity contribution < 1.29 is 14.3 Å². The van der Waals surface area contributed by atoms with Crippen molar-refractivity contribution in [2.75, 3.05) is 6.61 Å². The number of thioether (sulfide) groups is 1. The molecule has 5 nitrogen and oxygen atoms in total. The van der Waals surface area contributed by atoms with E-state index in [2.05, 4.69) is 0 Å². The number of carbonyl (C=O) groups is 1. The van der Waals surface area contributed by atoms with E-state index in [9.17, 15) is 4.79 Å². The first kappa shape index (κ1) is 25.2. The number of ether oxygens (including phenoxy) is 2. The number of amides is 1. The minimum Gasteiger partial charge on any atom is -0.490 e. The Morgan fingerprint density at radius 1 is 0.919 bits per heavy atom. The predicted molar refractivity (Wildman–Crippen MR) is 151 cm³/mol. The number of para-hydroxylation sites is 1. The van der Waals surface area contributed by atoms with Gasteiger partial charge in [-0.05, 0) is 73.0 Å². The van der Waals surface area contributed by atoms with Crippen LogP contribution in [0.5, 0.6) is 11.5 Å². The summed E-state index contributed by atoms with van der Waals surface area (Å²) in [6.07, 6.45) is 7.53. The maximum Gasteiger partial charge on any atom is 0.267 e. The summed E-state index contributed by atoms with van der Waals surface area (Å²) in [5, 5.41) is 0.766. The highest BCUT2D eigenvalue weighted by Gasteiger charge is 2.38. The molecule has 0 N–H and O–H groups in total. The van der Waals surface area contributed by atoms with Crippen LogP contribution < -0.4 is 9.47 Å². The molecule has 6 heteroatoms. The van der Waals surface area contributed by atoms with Crippen molar-refractivity contribution in [2.45, 2.75) is 51.7 Å². The average Bonchev–Trinajstić information content (AvgIpc) is 3.24. The maximum atomic E-state index is 13.6. The van der Waals surface area contributed by atoms with Crippen molar-refractivity contribution in [1.82, 2.24) is 4.90 Å². The molecular formula is C31H32N2O3S. The van der Waals surface area contributed by atoms with Crippen LogP contribution in [0.3, 0.4) is 0 Å². The lowest BCUT2D eigenvalue weighted by molar-refractivity contribution is -0.124. The molecule has 0 bridgehead atoms. The van der Waals surface area contributed by atoms with Crippen molar-refractivity contribution in [2.24, 2.45) is 4.99 Å². The molecule has 0 spiro atoms. The van der Waals surface area contributed by atoms with Gasteiger partial charge in [0.2, 0.25) is 0 Å². The van der Waals surface area contributed by atoms with E-state index in [0.29, 0.717) is 29.6 Å². The zero-order valence-corrected chi connectivity index (χ0v) is 22.0. The van der Waals surface area contributed by atoms with E-state index in [1.165, 1.54) is 18.2 Å². The number of rotatable bonds is 8. The lowest BCUT2D eigenvalue weighted by Gasteiger charge is -2.30. The number of aliphatic imine (C=N–C) groups is 1. The molecule has 1 aliphatic heterocycles. The van der Waals surface area contributed by atoms with E-state index in [1.54, 1.807) is 0 Å². The highest BCUT2D eigenvalue weighted by atomic mass is 32.2. The van der Waals surface area contributed by atoms with Crippen molar-refractivity contribution in [3.8, 4) is 11.5 Å². The number of benzene rings is 3. The third kappa shape index (κ3) is 6.25. The Morgan fingerprint density at radius 2 is 1.65 bits per heavy atom. The molecule has 0 radical (unpaired) electrons. The van der Waals surface area contributed by atoms with Gasteiger partial charge in [0.05, 0.1) is 17.2 Å². The molecule has 0 atom stereocenters. The Labute approximate surface area is 223 Å². The quantitative estimate of drug-likeness (QED) is 0.292. The molecule has 1 aliphatic carbocycles. The molecule has 2 aliphatic rings. The third-order valence-corrected chi connectivity index (χ3v) is 7.54. The molecule has 0 aromatic heterocycles. The van der Waals surface area contributed by atoms with Gasteiger partial charge in [-0.3, -0.25) is 9.69 Å². The first-order valence-electron chi connectivity index (χ1n) is 13.0.